The highest BCUT2D eigenvalue weighted by atomic mass is 32.2. The molecule has 1 atom stereocenters. The van der Waals surface area contributed by atoms with Crippen molar-refractivity contribution in [2.24, 2.45) is 0 Å². The molecule has 2 fully saturated rings. The number of carbonyl (C=O) groups excluding carboxylic acids is 1. The van der Waals surface area contributed by atoms with Crippen molar-refractivity contribution >= 4 is 21.8 Å². The number of aromatic nitrogens is 2. The van der Waals surface area contributed by atoms with Gasteiger partial charge in [-0.25, -0.2) is 9.97 Å². The number of carbonyl (C=O) groups is 1. The molecule has 8 nitrogen and oxygen atoms in total. The van der Waals surface area contributed by atoms with E-state index in [0.29, 0.717) is 48.9 Å². The molecule has 3 heterocycles. The molecule has 2 aromatic rings. The smallest absolute Gasteiger partial charge is 0.281 e. The Balaban J connectivity index is 1.46. The summed E-state index contributed by atoms with van der Waals surface area (Å²) in [6.07, 6.45) is 6.09. The fraction of sp³-hybridized carbons (Fsp3) is 0.500. The molecule has 0 radical (unpaired) electrons. The zero-order chi connectivity index (χ0) is 21.8. The molecule has 0 bridgehead atoms. The van der Waals surface area contributed by atoms with Crippen molar-refractivity contribution in [2.75, 3.05) is 31.5 Å². The lowest BCUT2D eigenvalue weighted by molar-refractivity contribution is 0.102. The molecule has 1 N–H and O–H groups in total. The van der Waals surface area contributed by atoms with Gasteiger partial charge < -0.3 is 5.32 Å². The summed E-state index contributed by atoms with van der Waals surface area (Å²) in [6, 6.07) is 9.24. The van der Waals surface area contributed by atoms with E-state index in [1.807, 2.05) is 30.3 Å². The third kappa shape index (κ3) is 4.94. The van der Waals surface area contributed by atoms with E-state index in [2.05, 4.69) is 15.3 Å². The van der Waals surface area contributed by atoms with Crippen LogP contribution in [0.2, 0.25) is 0 Å². The van der Waals surface area contributed by atoms with Crippen LogP contribution in [0.1, 0.15) is 59.9 Å². The summed E-state index contributed by atoms with van der Waals surface area (Å²) in [5.41, 5.74) is 1.72. The number of para-hydroxylation sites is 1. The van der Waals surface area contributed by atoms with E-state index in [0.717, 1.165) is 32.1 Å². The number of rotatable bonds is 5. The van der Waals surface area contributed by atoms with Crippen LogP contribution in [-0.2, 0) is 10.2 Å². The first kappa shape index (κ1) is 21.9. The molecular weight excluding hydrogens is 414 g/mol. The summed E-state index contributed by atoms with van der Waals surface area (Å²) in [6.45, 7) is 3.91. The van der Waals surface area contributed by atoms with Crippen LogP contribution in [0.15, 0.2) is 36.5 Å². The molecule has 0 saturated carbocycles. The molecule has 0 aliphatic carbocycles. The lowest BCUT2D eigenvalue weighted by Crippen LogP contribution is -2.49. The second kappa shape index (κ2) is 9.42. The monoisotopic (exact) mass is 443 g/mol. The summed E-state index contributed by atoms with van der Waals surface area (Å²) < 4.78 is 29.3. The molecule has 166 valence electrons. The normalized spacial score (nSPS) is 21.0. The summed E-state index contributed by atoms with van der Waals surface area (Å²) in [7, 11) is -3.45. The van der Waals surface area contributed by atoms with Gasteiger partial charge in [0.2, 0.25) is 0 Å². The van der Waals surface area contributed by atoms with E-state index in [-0.39, 0.29) is 11.8 Å². The molecule has 1 amide bonds. The first-order valence-electron chi connectivity index (χ1n) is 10.9. The largest absolute Gasteiger partial charge is 0.322 e. The van der Waals surface area contributed by atoms with Crippen LogP contribution in [0, 0.1) is 6.92 Å². The third-order valence-electron chi connectivity index (χ3n) is 5.99. The van der Waals surface area contributed by atoms with Crippen LogP contribution in [0.25, 0.3) is 0 Å². The average Bonchev–Trinajstić information content (AvgIpc) is 2.80. The predicted octanol–water partition coefficient (Wildman–Crippen LogP) is 2.95. The molecule has 4 rings (SSSR count). The van der Waals surface area contributed by atoms with Gasteiger partial charge in [0.25, 0.3) is 16.1 Å². The van der Waals surface area contributed by atoms with Crippen molar-refractivity contribution < 1.29 is 13.2 Å². The van der Waals surface area contributed by atoms with Crippen molar-refractivity contribution in [3.63, 3.8) is 0 Å². The topological polar surface area (TPSA) is 95.5 Å². The molecule has 1 aromatic heterocycles. The number of hydrogen-bond donors (Lipinski definition) is 1. The Morgan fingerprint density at radius 3 is 2.45 bits per heavy atom. The van der Waals surface area contributed by atoms with Gasteiger partial charge in [-0.1, -0.05) is 24.6 Å². The van der Waals surface area contributed by atoms with E-state index in [4.69, 9.17) is 0 Å². The summed E-state index contributed by atoms with van der Waals surface area (Å²) in [4.78, 5) is 21.6. The van der Waals surface area contributed by atoms with Gasteiger partial charge in [0.05, 0.1) is 11.3 Å². The van der Waals surface area contributed by atoms with E-state index in [1.165, 1.54) is 0 Å². The molecule has 0 unspecified atom stereocenters. The lowest BCUT2D eigenvalue weighted by atomic mass is 9.98. The minimum Gasteiger partial charge on any atom is -0.322 e. The minimum absolute atomic E-state index is 0.0711. The van der Waals surface area contributed by atoms with Gasteiger partial charge in [-0.3, -0.25) is 4.79 Å². The van der Waals surface area contributed by atoms with E-state index in [1.54, 1.807) is 21.7 Å². The minimum atomic E-state index is -3.45. The predicted molar refractivity (Wildman–Crippen MR) is 119 cm³/mol. The van der Waals surface area contributed by atoms with Crippen LogP contribution in [0.3, 0.4) is 0 Å². The van der Waals surface area contributed by atoms with Gasteiger partial charge in [-0.2, -0.15) is 17.0 Å². The molecule has 2 aliphatic rings. The summed E-state index contributed by atoms with van der Waals surface area (Å²) in [5, 5.41) is 2.85. The van der Waals surface area contributed by atoms with Crippen molar-refractivity contribution in [2.45, 2.75) is 44.9 Å². The Labute approximate surface area is 183 Å². The van der Waals surface area contributed by atoms with Gasteiger partial charge in [0.1, 0.15) is 5.82 Å². The maximum Gasteiger partial charge on any atom is 0.281 e. The zero-order valence-corrected chi connectivity index (χ0v) is 18.6. The first-order chi connectivity index (χ1) is 14.9. The van der Waals surface area contributed by atoms with Gasteiger partial charge in [-0.05, 0) is 44.7 Å². The van der Waals surface area contributed by atoms with E-state index in [9.17, 15) is 13.2 Å². The maximum atomic E-state index is 13.1. The molecule has 2 aliphatic heterocycles. The molecule has 1 aromatic carbocycles. The van der Waals surface area contributed by atoms with Crippen molar-refractivity contribution in [1.82, 2.24) is 18.6 Å². The van der Waals surface area contributed by atoms with Crippen molar-refractivity contribution in [3.05, 3.63) is 53.6 Å². The zero-order valence-electron chi connectivity index (χ0n) is 17.8. The summed E-state index contributed by atoms with van der Waals surface area (Å²) >= 11 is 0. The number of nitrogens with zero attached hydrogens (tertiary/aromatic N) is 4. The Hall–Kier alpha value is -2.36. The highest BCUT2D eigenvalue weighted by Gasteiger charge is 2.35. The number of piperidine rings is 2. The van der Waals surface area contributed by atoms with Gasteiger partial charge in [0, 0.05) is 44.0 Å². The number of benzene rings is 1. The number of aryl methyl sites for hydroxylation is 1. The standard InChI is InChI=1S/C22H29N5O3S/c1-17-20(22(28)25-19-10-4-2-5-11-19)15-23-21(24-17)18-9-8-14-27(16-18)31(29,30)26-12-6-3-7-13-26/h2,4-5,10-11,15,18H,3,6-9,12-14,16H2,1H3,(H,25,28)/t18-/m0/s1. The number of nitrogens with one attached hydrogen (secondary N) is 1. The van der Waals surface area contributed by atoms with Gasteiger partial charge in [-0.15, -0.1) is 0 Å². The van der Waals surface area contributed by atoms with Crippen LogP contribution >= 0.6 is 0 Å². The second-order valence-electron chi connectivity index (χ2n) is 8.21. The Bertz CT molecular complexity index is 1020. The molecule has 0 spiro atoms. The Kier molecular flexibility index (Phi) is 6.64. The van der Waals surface area contributed by atoms with Crippen LogP contribution < -0.4 is 5.32 Å². The maximum absolute atomic E-state index is 13.1. The van der Waals surface area contributed by atoms with Crippen LogP contribution in [0.4, 0.5) is 5.69 Å². The van der Waals surface area contributed by atoms with Gasteiger partial charge in [0.15, 0.2) is 0 Å². The van der Waals surface area contributed by atoms with E-state index < -0.39 is 10.2 Å². The van der Waals surface area contributed by atoms with Gasteiger partial charge >= 0.3 is 0 Å². The van der Waals surface area contributed by atoms with E-state index >= 15 is 0 Å². The highest BCUT2D eigenvalue weighted by molar-refractivity contribution is 7.86. The average molecular weight is 444 g/mol. The second-order valence-corrected chi connectivity index (χ2v) is 10.1. The number of anilines is 1. The Morgan fingerprint density at radius 2 is 1.74 bits per heavy atom. The van der Waals surface area contributed by atoms with Crippen molar-refractivity contribution in [3.8, 4) is 0 Å². The van der Waals surface area contributed by atoms with Crippen LogP contribution in [0.5, 0.6) is 0 Å². The lowest BCUT2D eigenvalue weighted by Gasteiger charge is -2.36. The number of hydrogen-bond acceptors (Lipinski definition) is 5. The molecule has 31 heavy (non-hydrogen) atoms. The van der Waals surface area contributed by atoms with Crippen molar-refractivity contribution in [1.29, 1.82) is 0 Å². The fourth-order valence-electron chi connectivity index (χ4n) is 4.25. The first-order valence-corrected chi connectivity index (χ1v) is 12.3. The summed E-state index contributed by atoms with van der Waals surface area (Å²) in [5.74, 6) is 0.277. The highest BCUT2D eigenvalue weighted by Crippen LogP contribution is 2.28. The Morgan fingerprint density at radius 1 is 1.03 bits per heavy atom. The SMILES string of the molecule is Cc1nc([C@H]2CCCN(S(=O)(=O)N3CCCCC3)C2)ncc1C(=O)Nc1ccccc1. The molecular formula is C22H29N5O3S. The third-order valence-corrected chi connectivity index (χ3v) is 7.99. The molecule has 2 saturated heterocycles. The quantitative estimate of drug-likeness (QED) is 0.767. The number of amides is 1. The van der Waals surface area contributed by atoms with Crippen LogP contribution in [-0.4, -0.2) is 59.1 Å². The fourth-order valence-corrected chi connectivity index (χ4v) is 6.02. The molecule has 9 heteroatoms.